The lowest BCUT2D eigenvalue weighted by molar-refractivity contribution is -0.168. The molecule has 7 nitrogen and oxygen atoms in total. The molecule has 0 aromatic carbocycles. The second kappa shape index (κ2) is 5.15. The van der Waals surface area contributed by atoms with E-state index in [9.17, 15) is 18.9 Å². The number of rotatable bonds is 3. The van der Waals surface area contributed by atoms with Crippen LogP contribution in [0.2, 0.25) is 0 Å². The predicted molar refractivity (Wildman–Crippen MR) is 98.5 cm³/mol. The first-order valence-corrected chi connectivity index (χ1v) is 11.2. The van der Waals surface area contributed by atoms with Crippen LogP contribution in [-0.2, 0) is 34.6 Å². The van der Waals surface area contributed by atoms with Crippen LogP contribution in [0.3, 0.4) is 0 Å². The molecule has 0 bridgehead atoms. The number of esters is 2. The average molecular weight is 408 g/mol. The van der Waals surface area contributed by atoms with E-state index in [1.165, 1.54) is 19.3 Å². The largest absolute Gasteiger partial charge is 0.458 e. The van der Waals surface area contributed by atoms with E-state index in [4.69, 9.17) is 14.2 Å². The molecular weight excluding hydrogens is 384 g/mol. The molecule has 1 N–H and O–H groups in total. The van der Waals surface area contributed by atoms with Crippen LogP contribution in [0.1, 0.15) is 27.2 Å². The van der Waals surface area contributed by atoms with Gasteiger partial charge in [0.15, 0.2) is 11.7 Å². The number of cyclic esters (lactones) is 1. The monoisotopic (exact) mass is 408 g/mol. The second-order valence-electron chi connectivity index (χ2n) is 9.44. The normalized spacial score (nSPS) is 51.0. The molecule has 2 saturated heterocycles. The van der Waals surface area contributed by atoms with Crippen LogP contribution >= 0.6 is 0 Å². The van der Waals surface area contributed by atoms with Crippen molar-refractivity contribution in [3.8, 4) is 0 Å². The van der Waals surface area contributed by atoms with E-state index >= 15 is 0 Å². The van der Waals surface area contributed by atoms with Crippen LogP contribution in [0.25, 0.3) is 0 Å². The number of hydrogen-bond donors (Lipinski definition) is 1. The molecular formula is C20H24O7S. The summed E-state index contributed by atoms with van der Waals surface area (Å²) in [5, 5.41) is 11.1. The first-order chi connectivity index (χ1) is 13.0. The summed E-state index contributed by atoms with van der Waals surface area (Å²) >= 11 is 0. The maximum atomic E-state index is 12.7. The van der Waals surface area contributed by atoms with Gasteiger partial charge in [0.25, 0.3) is 0 Å². The highest BCUT2D eigenvalue weighted by Gasteiger charge is 2.83. The zero-order valence-corrected chi connectivity index (χ0v) is 17.1. The molecule has 2 aliphatic carbocycles. The highest BCUT2D eigenvalue weighted by molar-refractivity contribution is 7.84. The summed E-state index contributed by atoms with van der Waals surface area (Å²) in [6.07, 6.45) is 5.47. The van der Waals surface area contributed by atoms with Crippen LogP contribution in [0.15, 0.2) is 23.8 Å². The van der Waals surface area contributed by atoms with Crippen molar-refractivity contribution in [2.24, 2.45) is 16.7 Å². The van der Waals surface area contributed by atoms with Crippen molar-refractivity contribution in [1.82, 2.24) is 0 Å². The van der Waals surface area contributed by atoms with Gasteiger partial charge >= 0.3 is 11.9 Å². The van der Waals surface area contributed by atoms with Gasteiger partial charge in [0.05, 0.1) is 11.2 Å². The lowest BCUT2D eigenvalue weighted by atomic mass is 9.49. The molecule has 0 aromatic rings. The highest BCUT2D eigenvalue weighted by Crippen LogP contribution is 2.72. The predicted octanol–water partition coefficient (Wildman–Crippen LogP) is 0.633. The molecule has 3 fully saturated rings. The topological polar surface area (TPSA) is 102 Å². The Labute approximate surface area is 165 Å². The maximum absolute atomic E-state index is 12.7. The van der Waals surface area contributed by atoms with Gasteiger partial charge in [0.2, 0.25) is 0 Å². The molecule has 8 heteroatoms. The molecule has 1 saturated carbocycles. The summed E-state index contributed by atoms with van der Waals surface area (Å²) < 4.78 is 29.4. The number of carbonyl (C=O) groups excluding carboxylic acids is 2. The van der Waals surface area contributed by atoms with Crippen LogP contribution in [0.4, 0.5) is 0 Å². The van der Waals surface area contributed by atoms with Gasteiger partial charge in [-0.2, -0.15) is 0 Å². The van der Waals surface area contributed by atoms with Crippen LogP contribution < -0.4 is 0 Å². The summed E-state index contributed by atoms with van der Waals surface area (Å²) in [4.78, 5) is 25.2. The van der Waals surface area contributed by atoms with Crippen molar-refractivity contribution in [3.05, 3.63) is 23.8 Å². The summed E-state index contributed by atoms with van der Waals surface area (Å²) in [6, 6.07) is 0. The fraction of sp³-hybridized carbons (Fsp3) is 0.700. The molecule has 28 heavy (non-hydrogen) atoms. The number of ether oxygens (including phenoxy) is 3. The second-order valence-corrected chi connectivity index (χ2v) is 10.9. The van der Waals surface area contributed by atoms with E-state index in [1.807, 2.05) is 26.0 Å². The fourth-order valence-electron chi connectivity index (χ4n) is 6.38. The molecule has 5 rings (SSSR count). The fourth-order valence-corrected chi connectivity index (χ4v) is 7.36. The van der Waals surface area contributed by atoms with Crippen molar-refractivity contribution in [2.45, 2.75) is 56.7 Å². The van der Waals surface area contributed by atoms with Crippen molar-refractivity contribution >= 4 is 22.7 Å². The number of aliphatic hydroxyl groups is 1. The van der Waals surface area contributed by atoms with Crippen LogP contribution in [-0.4, -0.2) is 62.8 Å². The molecule has 0 amide bonds. The van der Waals surface area contributed by atoms with Crippen molar-refractivity contribution < 1.29 is 33.1 Å². The minimum absolute atomic E-state index is 0.0573. The smallest absolute Gasteiger partial charge is 0.331 e. The number of hydrogen-bond acceptors (Lipinski definition) is 7. The average Bonchev–Trinajstić information content (AvgIpc) is 3.22. The van der Waals surface area contributed by atoms with Crippen LogP contribution in [0, 0.1) is 16.7 Å². The Morgan fingerprint density at radius 3 is 2.71 bits per heavy atom. The van der Waals surface area contributed by atoms with Gasteiger partial charge in [-0.25, -0.2) is 4.79 Å². The van der Waals surface area contributed by atoms with E-state index in [0.29, 0.717) is 6.42 Å². The first kappa shape index (κ1) is 18.5. The van der Waals surface area contributed by atoms with Crippen molar-refractivity contribution in [3.63, 3.8) is 0 Å². The Kier molecular flexibility index (Phi) is 3.40. The third-order valence-corrected chi connectivity index (χ3v) is 8.31. The number of epoxide rings is 1. The quantitative estimate of drug-likeness (QED) is 0.415. The number of allylic oxidation sites excluding steroid dienone is 1. The molecule has 3 heterocycles. The summed E-state index contributed by atoms with van der Waals surface area (Å²) in [5.74, 6) is -1.07. The van der Waals surface area contributed by atoms with E-state index < -0.39 is 57.1 Å². The molecule has 1 unspecified atom stereocenters. The Hall–Kier alpha value is -1.51. The standard InChI is InChI=1S/C20H24O7S/c1-17-6-5-7-18(2)13(17)12(26-16(18)22)14-20(27-14)10(17)8-11(21)25-15(20)19(3,23)9-28(4)24/h5,7-8,12-15,23H,6,9H2,1-4H3/t12-,13+,14+,15+,17+,18-,19-,20-,28?/m0/s1. The molecule has 3 aliphatic heterocycles. The van der Waals surface area contributed by atoms with Gasteiger partial charge in [-0.1, -0.05) is 19.1 Å². The summed E-state index contributed by atoms with van der Waals surface area (Å²) in [6.45, 7) is 5.42. The summed E-state index contributed by atoms with van der Waals surface area (Å²) in [5.41, 5.74) is -3.18. The molecule has 9 atom stereocenters. The Morgan fingerprint density at radius 1 is 1.32 bits per heavy atom. The van der Waals surface area contributed by atoms with E-state index in [-0.39, 0.29) is 17.6 Å². The lowest BCUT2D eigenvalue weighted by Gasteiger charge is -2.53. The molecule has 152 valence electrons. The number of carbonyl (C=O) groups is 2. The molecule has 0 aromatic heterocycles. The van der Waals surface area contributed by atoms with Crippen molar-refractivity contribution in [2.75, 3.05) is 12.0 Å². The highest BCUT2D eigenvalue weighted by atomic mass is 32.2. The minimum atomic E-state index is -1.55. The number of fused-ring (bicyclic) bond motifs is 2. The summed E-state index contributed by atoms with van der Waals surface area (Å²) in [7, 11) is -1.31. The Balaban J connectivity index is 1.68. The van der Waals surface area contributed by atoms with Gasteiger partial charge in [0, 0.05) is 34.5 Å². The van der Waals surface area contributed by atoms with E-state index in [1.54, 1.807) is 0 Å². The minimum Gasteiger partial charge on any atom is -0.458 e. The van der Waals surface area contributed by atoms with Gasteiger partial charge < -0.3 is 19.3 Å². The SMILES string of the molecule is CS(=O)C[C@](C)(O)[C@H]1OC(=O)C=C2[C@@]13O[C@@H]3[C@H]1OC(=O)[C@@]3(C)C=CC[C@@]2(C)[C@@H]13. The molecule has 0 radical (unpaired) electrons. The molecule has 1 spiro atoms. The maximum Gasteiger partial charge on any atom is 0.331 e. The molecule has 5 aliphatic rings. The van der Waals surface area contributed by atoms with Gasteiger partial charge in [0.1, 0.15) is 17.8 Å². The zero-order valence-electron chi connectivity index (χ0n) is 16.3. The van der Waals surface area contributed by atoms with E-state index in [2.05, 4.69) is 0 Å². The van der Waals surface area contributed by atoms with Gasteiger partial charge in [-0.15, -0.1) is 0 Å². The van der Waals surface area contributed by atoms with E-state index in [0.717, 1.165) is 5.57 Å². The van der Waals surface area contributed by atoms with Crippen LogP contribution in [0.5, 0.6) is 0 Å². The lowest BCUT2D eigenvalue weighted by Crippen LogP contribution is -2.64. The Bertz CT molecular complexity index is 891. The van der Waals surface area contributed by atoms with Gasteiger partial charge in [-0.05, 0) is 25.8 Å². The van der Waals surface area contributed by atoms with Gasteiger partial charge in [-0.3, -0.25) is 9.00 Å². The third-order valence-electron chi connectivity index (χ3n) is 7.32. The first-order valence-electron chi connectivity index (χ1n) is 9.49. The third kappa shape index (κ3) is 1.99. The Morgan fingerprint density at radius 2 is 2.04 bits per heavy atom. The zero-order chi connectivity index (χ0) is 20.3. The van der Waals surface area contributed by atoms with Crippen molar-refractivity contribution in [1.29, 1.82) is 0 Å².